The number of methoxy groups -OCH3 is 3. The predicted octanol–water partition coefficient (Wildman–Crippen LogP) is 4.53. The normalized spacial score (nSPS) is 13.9. The van der Waals surface area contributed by atoms with Crippen LogP contribution >= 0.6 is 0 Å². The third-order valence-electron chi connectivity index (χ3n) is 8.60. The molecule has 0 saturated carbocycles. The van der Waals surface area contributed by atoms with E-state index in [0.717, 1.165) is 36.6 Å². The second kappa shape index (κ2) is 20.2. The van der Waals surface area contributed by atoms with Gasteiger partial charge >= 0.3 is 0 Å². The molecule has 0 aliphatic carbocycles. The van der Waals surface area contributed by atoms with E-state index in [4.69, 9.17) is 33.4 Å². The molecule has 5 rings (SSSR count). The molecule has 0 unspecified atom stereocenters. The molecule has 0 amide bonds. The zero-order valence-electron chi connectivity index (χ0n) is 31.4. The van der Waals surface area contributed by atoms with Crippen molar-refractivity contribution in [3.63, 3.8) is 0 Å². The van der Waals surface area contributed by atoms with Gasteiger partial charge < -0.3 is 59.9 Å². The lowest BCUT2D eigenvalue weighted by Gasteiger charge is -2.23. The minimum atomic E-state index is -0.301. The van der Waals surface area contributed by atoms with E-state index in [2.05, 4.69) is 46.4 Å². The first-order chi connectivity index (χ1) is 25.9. The van der Waals surface area contributed by atoms with Crippen LogP contribution in [-0.2, 0) is 16.1 Å². The maximum Gasteiger partial charge on any atom is 0.229 e. The van der Waals surface area contributed by atoms with Gasteiger partial charge in [-0.2, -0.15) is 9.97 Å². The molecule has 1 aliphatic heterocycles. The van der Waals surface area contributed by atoms with Crippen LogP contribution in [0.5, 0.6) is 23.0 Å². The lowest BCUT2D eigenvalue weighted by Crippen LogP contribution is -2.35. The monoisotopic (exact) mass is 732 g/mol. The van der Waals surface area contributed by atoms with Gasteiger partial charge in [0, 0.05) is 75.8 Å². The van der Waals surface area contributed by atoms with Crippen LogP contribution in [0.4, 0.5) is 34.9 Å². The van der Waals surface area contributed by atoms with Crippen molar-refractivity contribution in [2.45, 2.75) is 31.7 Å². The summed E-state index contributed by atoms with van der Waals surface area (Å²) in [6, 6.07) is 12.9. The van der Waals surface area contributed by atoms with Gasteiger partial charge in [-0.25, -0.2) is 9.97 Å². The number of rotatable bonds is 22. The number of nitrogens with one attached hydrogen (secondary N) is 5. The molecule has 5 N–H and O–H groups in total. The summed E-state index contributed by atoms with van der Waals surface area (Å²) in [5.74, 6) is 4.57. The molecular weight excluding hydrogens is 680 g/mol. The Morgan fingerprint density at radius 2 is 1.38 bits per heavy atom. The highest BCUT2D eigenvalue weighted by Gasteiger charge is 2.19. The van der Waals surface area contributed by atoms with Gasteiger partial charge in [0.25, 0.3) is 0 Å². The van der Waals surface area contributed by atoms with E-state index in [1.54, 1.807) is 46.8 Å². The summed E-state index contributed by atoms with van der Waals surface area (Å²) in [5.41, 5.74) is 2.28. The minimum absolute atomic E-state index is 0.0518. The van der Waals surface area contributed by atoms with Crippen molar-refractivity contribution >= 4 is 34.9 Å². The van der Waals surface area contributed by atoms with Crippen LogP contribution in [0.3, 0.4) is 0 Å². The van der Waals surface area contributed by atoms with E-state index in [1.165, 1.54) is 12.8 Å². The van der Waals surface area contributed by atoms with Crippen molar-refractivity contribution < 1.29 is 28.4 Å². The van der Waals surface area contributed by atoms with Crippen molar-refractivity contribution in [3.05, 3.63) is 60.4 Å². The third-order valence-corrected chi connectivity index (χ3v) is 8.60. The first-order valence-electron chi connectivity index (χ1n) is 17.7. The number of hydrogen-bond acceptors (Lipinski definition) is 16. The Hall–Kier alpha value is -5.16. The van der Waals surface area contributed by atoms with Gasteiger partial charge in [0.05, 0.1) is 20.8 Å². The van der Waals surface area contributed by atoms with Crippen molar-refractivity contribution in [3.8, 4) is 23.0 Å². The van der Waals surface area contributed by atoms with E-state index >= 15 is 0 Å². The maximum absolute atomic E-state index is 6.30. The molecule has 2 aromatic heterocycles. The van der Waals surface area contributed by atoms with E-state index in [9.17, 15) is 0 Å². The van der Waals surface area contributed by atoms with Gasteiger partial charge in [0.15, 0.2) is 23.0 Å². The lowest BCUT2D eigenvalue weighted by molar-refractivity contribution is 0.0108. The number of hydrogen-bond donors (Lipinski definition) is 5. The molecule has 4 aromatic rings. The molecule has 2 atom stereocenters. The molecule has 1 aliphatic rings. The Kier molecular flexibility index (Phi) is 14.9. The Labute approximate surface area is 311 Å². The standard InChI is InChI=1S/C37H52N10O6/c1-38-20-28(23-52-32-17-26(9-11-30(32)49-5)43-36-41-14-13-34(39-2)45-36)51-22-25-19-42-37(46-35(25)40-3)44-27-10-12-31(50-6)33(18-27)53-24-29(48-4)21-47-15-7-8-16-47/h9-14,17-19,28-29,38H,7-8,15-16,20-24H2,1-6H3,(H2,39,41,43,45)(H2,40,42,44,46)/t28-,29+/m1/s1. The molecule has 1 saturated heterocycles. The molecule has 1 fully saturated rings. The molecule has 2 aromatic carbocycles. The van der Waals surface area contributed by atoms with Crippen molar-refractivity contribution in [2.24, 2.45) is 0 Å². The molecular formula is C37H52N10O6. The van der Waals surface area contributed by atoms with Gasteiger partial charge in [-0.1, -0.05) is 0 Å². The summed E-state index contributed by atoms with van der Waals surface area (Å²) in [6.07, 6.45) is 5.52. The third kappa shape index (κ3) is 11.4. The van der Waals surface area contributed by atoms with E-state index in [0.29, 0.717) is 59.7 Å². The number of ether oxygens (including phenoxy) is 6. The number of aromatic nitrogens is 4. The van der Waals surface area contributed by atoms with Crippen molar-refractivity contribution in [1.29, 1.82) is 0 Å². The quantitative estimate of drug-likeness (QED) is 0.0763. The zero-order chi connectivity index (χ0) is 37.4. The lowest BCUT2D eigenvalue weighted by atomic mass is 10.2. The fraction of sp³-hybridized carbons (Fsp3) is 0.459. The zero-order valence-corrected chi connectivity index (χ0v) is 31.4. The van der Waals surface area contributed by atoms with Crippen LogP contribution in [0.15, 0.2) is 54.9 Å². The number of likely N-dealkylation sites (N-methyl/N-ethyl adjacent to an activating group) is 1. The molecule has 16 heteroatoms. The van der Waals surface area contributed by atoms with Crippen LogP contribution in [0, 0.1) is 0 Å². The molecule has 286 valence electrons. The molecule has 0 spiro atoms. The highest BCUT2D eigenvalue weighted by atomic mass is 16.5. The summed E-state index contributed by atoms with van der Waals surface area (Å²) < 4.78 is 35.5. The summed E-state index contributed by atoms with van der Waals surface area (Å²) in [5, 5.41) is 15.8. The highest BCUT2D eigenvalue weighted by Crippen LogP contribution is 2.33. The van der Waals surface area contributed by atoms with E-state index in [-0.39, 0.29) is 25.4 Å². The SMILES string of the molecule is CNC[C@H](COc1cc(Nc2nccc(NC)n2)ccc1OC)OCc1cnc(Nc2ccc(OC)c(OC[C@H](CN3CCCC3)OC)c2)nc1NC. The fourth-order valence-corrected chi connectivity index (χ4v) is 5.76. The average molecular weight is 733 g/mol. The second-order valence-electron chi connectivity index (χ2n) is 12.3. The first kappa shape index (κ1) is 39.1. The minimum Gasteiger partial charge on any atom is -0.493 e. The summed E-state index contributed by atoms with van der Waals surface area (Å²) in [7, 11) is 10.4. The van der Waals surface area contributed by atoms with Crippen LogP contribution in [0.2, 0.25) is 0 Å². The molecule has 53 heavy (non-hydrogen) atoms. The van der Waals surface area contributed by atoms with Gasteiger partial charge in [-0.15, -0.1) is 0 Å². The second-order valence-corrected chi connectivity index (χ2v) is 12.3. The molecule has 0 radical (unpaired) electrons. The molecule has 3 heterocycles. The number of benzene rings is 2. The number of anilines is 6. The summed E-state index contributed by atoms with van der Waals surface area (Å²) >= 11 is 0. The molecule has 16 nitrogen and oxygen atoms in total. The van der Waals surface area contributed by atoms with E-state index < -0.39 is 0 Å². The number of nitrogens with zero attached hydrogens (tertiary/aromatic N) is 5. The van der Waals surface area contributed by atoms with Crippen LogP contribution < -0.4 is 45.5 Å². The molecule has 0 bridgehead atoms. The van der Waals surface area contributed by atoms with Crippen LogP contribution in [0.1, 0.15) is 18.4 Å². The van der Waals surface area contributed by atoms with Crippen LogP contribution in [0.25, 0.3) is 0 Å². The van der Waals surface area contributed by atoms with Gasteiger partial charge in [0.2, 0.25) is 11.9 Å². The highest BCUT2D eigenvalue weighted by molar-refractivity contribution is 5.62. The first-order valence-corrected chi connectivity index (χ1v) is 17.7. The smallest absolute Gasteiger partial charge is 0.229 e. The van der Waals surface area contributed by atoms with Gasteiger partial charge in [-0.3, -0.25) is 0 Å². The predicted molar refractivity (Wildman–Crippen MR) is 206 cm³/mol. The Balaban J connectivity index is 1.19. The maximum atomic E-state index is 6.30. The number of likely N-dealkylation sites (tertiary alicyclic amines) is 1. The Morgan fingerprint density at radius 3 is 1.96 bits per heavy atom. The van der Waals surface area contributed by atoms with E-state index in [1.807, 2.05) is 50.5 Å². The van der Waals surface area contributed by atoms with Crippen molar-refractivity contribution in [2.75, 3.05) is 103 Å². The topological polar surface area (TPSA) is 170 Å². The Morgan fingerprint density at radius 1 is 0.736 bits per heavy atom. The van der Waals surface area contributed by atoms with Gasteiger partial charge in [0.1, 0.15) is 37.1 Å². The van der Waals surface area contributed by atoms with Crippen molar-refractivity contribution in [1.82, 2.24) is 30.2 Å². The fourth-order valence-electron chi connectivity index (χ4n) is 5.76. The van der Waals surface area contributed by atoms with Crippen LogP contribution in [-0.4, -0.2) is 119 Å². The van der Waals surface area contributed by atoms with Gasteiger partial charge in [-0.05, 0) is 63.3 Å². The largest absolute Gasteiger partial charge is 0.493 e. The summed E-state index contributed by atoms with van der Waals surface area (Å²) in [4.78, 5) is 20.4. The average Bonchev–Trinajstić information content (AvgIpc) is 3.71. The Bertz CT molecular complexity index is 1730. The summed E-state index contributed by atoms with van der Waals surface area (Å²) in [6.45, 7) is 4.49.